The number of carbonyl (C=O) groups is 1. The van der Waals surface area contributed by atoms with Crippen LogP contribution in [0.4, 0.5) is 0 Å². The van der Waals surface area contributed by atoms with Crippen LogP contribution in [0.2, 0.25) is 0 Å². The van der Waals surface area contributed by atoms with Crippen LogP contribution in [0.3, 0.4) is 0 Å². The van der Waals surface area contributed by atoms with Gasteiger partial charge in [0.05, 0.1) is 5.69 Å². The van der Waals surface area contributed by atoms with E-state index in [4.69, 9.17) is 9.15 Å². The van der Waals surface area contributed by atoms with Crippen LogP contribution < -0.4 is 10.1 Å². The molecule has 0 fully saturated rings. The van der Waals surface area contributed by atoms with Gasteiger partial charge < -0.3 is 14.5 Å². The van der Waals surface area contributed by atoms with Gasteiger partial charge in [-0.25, -0.2) is 0 Å². The van der Waals surface area contributed by atoms with Crippen molar-refractivity contribution < 1.29 is 13.9 Å². The number of nitrogens with one attached hydrogen (secondary N) is 1. The van der Waals surface area contributed by atoms with E-state index in [1.165, 1.54) is 0 Å². The number of furan rings is 1. The Hall–Kier alpha value is -2.54. The highest BCUT2D eigenvalue weighted by Gasteiger charge is 2.11. The topological polar surface area (TPSA) is 69.3 Å². The molecule has 7 heteroatoms. The van der Waals surface area contributed by atoms with Gasteiger partial charge in [-0.1, -0.05) is 15.9 Å². The smallest absolute Gasteiger partial charge is 0.286 e. The van der Waals surface area contributed by atoms with Crippen molar-refractivity contribution >= 4 is 21.8 Å². The number of aromatic nitrogens is 2. The van der Waals surface area contributed by atoms with Crippen LogP contribution in [0.1, 0.15) is 34.1 Å². The maximum Gasteiger partial charge on any atom is 0.286 e. The summed E-state index contributed by atoms with van der Waals surface area (Å²) in [6.07, 6.45) is 0.800. The lowest BCUT2D eigenvalue weighted by molar-refractivity contribution is 0.0921. The number of amides is 1. The highest BCUT2D eigenvalue weighted by atomic mass is 79.9. The molecule has 1 N–H and O–H groups in total. The number of aryl methyl sites for hydroxylation is 3. The zero-order valence-electron chi connectivity index (χ0n) is 15.4. The molecule has 0 saturated heterocycles. The molecule has 0 aliphatic carbocycles. The Morgan fingerprint density at radius 2 is 2.00 bits per heavy atom. The number of carbonyl (C=O) groups excluding carboxylic acids is 1. The number of hydrogen-bond acceptors (Lipinski definition) is 4. The molecule has 2 aromatic heterocycles. The van der Waals surface area contributed by atoms with Crippen LogP contribution in [-0.2, 0) is 13.2 Å². The van der Waals surface area contributed by atoms with Crippen LogP contribution in [0.25, 0.3) is 0 Å². The molecule has 1 amide bonds. The Morgan fingerprint density at radius 3 is 2.70 bits per heavy atom. The average Bonchev–Trinajstić information content (AvgIpc) is 3.24. The Morgan fingerprint density at radius 1 is 1.22 bits per heavy atom. The summed E-state index contributed by atoms with van der Waals surface area (Å²) in [6, 6.07) is 13.0. The molecular formula is C20H22BrN3O3. The summed E-state index contributed by atoms with van der Waals surface area (Å²) in [7, 11) is 0. The van der Waals surface area contributed by atoms with E-state index in [2.05, 4.69) is 26.3 Å². The molecule has 27 heavy (non-hydrogen) atoms. The average molecular weight is 432 g/mol. The van der Waals surface area contributed by atoms with Crippen LogP contribution in [0.5, 0.6) is 5.75 Å². The first-order chi connectivity index (χ1) is 13.0. The van der Waals surface area contributed by atoms with E-state index in [0.717, 1.165) is 34.6 Å². The van der Waals surface area contributed by atoms with Crippen molar-refractivity contribution in [3.63, 3.8) is 0 Å². The first-order valence-electron chi connectivity index (χ1n) is 8.77. The molecule has 0 aliphatic heterocycles. The van der Waals surface area contributed by atoms with Crippen molar-refractivity contribution in [2.75, 3.05) is 6.54 Å². The van der Waals surface area contributed by atoms with Crippen molar-refractivity contribution in [1.29, 1.82) is 0 Å². The molecule has 0 atom stereocenters. The fraction of sp³-hybridized carbons (Fsp3) is 0.300. The van der Waals surface area contributed by atoms with Gasteiger partial charge in [-0.3, -0.25) is 9.48 Å². The Balaban J connectivity index is 1.42. The zero-order valence-corrected chi connectivity index (χ0v) is 17.0. The minimum atomic E-state index is -0.224. The molecule has 0 spiro atoms. The minimum Gasteiger partial charge on any atom is -0.486 e. The predicted molar refractivity (Wildman–Crippen MR) is 106 cm³/mol. The fourth-order valence-corrected chi connectivity index (χ4v) is 2.95. The number of benzene rings is 1. The fourth-order valence-electron chi connectivity index (χ4n) is 2.68. The number of ether oxygens (including phenoxy) is 1. The number of rotatable bonds is 8. The molecule has 6 nitrogen and oxygen atoms in total. The molecule has 2 heterocycles. The molecule has 0 bridgehead atoms. The Bertz CT molecular complexity index is 900. The van der Waals surface area contributed by atoms with Gasteiger partial charge in [0.25, 0.3) is 5.91 Å². The Kier molecular flexibility index (Phi) is 6.34. The maximum absolute atomic E-state index is 12.2. The van der Waals surface area contributed by atoms with Crippen LogP contribution >= 0.6 is 15.9 Å². The quantitative estimate of drug-likeness (QED) is 0.541. The highest BCUT2D eigenvalue weighted by Crippen LogP contribution is 2.18. The summed E-state index contributed by atoms with van der Waals surface area (Å²) in [4.78, 5) is 12.2. The molecule has 3 rings (SSSR count). The van der Waals surface area contributed by atoms with Gasteiger partial charge in [-0.2, -0.15) is 5.10 Å². The number of hydrogen-bond donors (Lipinski definition) is 1. The normalized spacial score (nSPS) is 10.8. The first kappa shape index (κ1) is 19.2. The summed E-state index contributed by atoms with van der Waals surface area (Å²) < 4.78 is 14.2. The summed E-state index contributed by atoms with van der Waals surface area (Å²) in [6.45, 7) is 5.60. The number of halogens is 1. The van der Waals surface area contributed by atoms with E-state index in [1.807, 2.05) is 48.9 Å². The summed E-state index contributed by atoms with van der Waals surface area (Å²) >= 11 is 3.38. The van der Waals surface area contributed by atoms with E-state index >= 15 is 0 Å². The zero-order chi connectivity index (χ0) is 19.2. The van der Waals surface area contributed by atoms with Crippen LogP contribution in [0.15, 0.2) is 51.4 Å². The van der Waals surface area contributed by atoms with Gasteiger partial charge >= 0.3 is 0 Å². The SMILES string of the molecule is Cc1cc(C)n(CCCNC(=O)c2ccc(COc3ccc(Br)cc3)o2)n1. The minimum absolute atomic E-state index is 0.224. The van der Waals surface area contributed by atoms with Crippen molar-refractivity contribution in [3.05, 3.63) is 69.8 Å². The lowest BCUT2D eigenvalue weighted by atomic mass is 10.3. The third kappa shape index (κ3) is 5.47. The molecule has 0 radical (unpaired) electrons. The van der Waals surface area contributed by atoms with Gasteiger partial charge in [0, 0.05) is 23.3 Å². The third-order valence-electron chi connectivity index (χ3n) is 4.02. The second kappa shape index (κ2) is 8.90. The van der Waals surface area contributed by atoms with Crippen molar-refractivity contribution in [3.8, 4) is 5.75 Å². The van der Waals surface area contributed by atoms with Gasteiger partial charge in [-0.15, -0.1) is 0 Å². The van der Waals surface area contributed by atoms with E-state index in [9.17, 15) is 4.79 Å². The van der Waals surface area contributed by atoms with Crippen molar-refractivity contribution in [1.82, 2.24) is 15.1 Å². The van der Waals surface area contributed by atoms with Gasteiger partial charge in [0.1, 0.15) is 18.1 Å². The maximum atomic E-state index is 12.2. The lowest BCUT2D eigenvalue weighted by Crippen LogP contribution is -2.25. The van der Waals surface area contributed by atoms with Gasteiger partial charge in [0.15, 0.2) is 5.76 Å². The lowest BCUT2D eigenvalue weighted by Gasteiger charge is -2.06. The summed E-state index contributed by atoms with van der Waals surface area (Å²) in [5.41, 5.74) is 2.13. The van der Waals surface area contributed by atoms with Crippen LogP contribution in [0, 0.1) is 13.8 Å². The second-order valence-corrected chi connectivity index (χ2v) is 7.18. The van der Waals surface area contributed by atoms with E-state index in [-0.39, 0.29) is 18.3 Å². The van der Waals surface area contributed by atoms with Crippen molar-refractivity contribution in [2.24, 2.45) is 0 Å². The molecule has 0 aliphatic rings. The highest BCUT2D eigenvalue weighted by molar-refractivity contribution is 9.10. The second-order valence-electron chi connectivity index (χ2n) is 6.27. The van der Waals surface area contributed by atoms with Gasteiger partial charge in [0.2, 0.25) is 0 Å². The van der Waals surface area contributed by atoms with E-state index < -0.39 is 0 Å². The molecule has 1 aromatic carbocycles. The third-order valence-corrected chi connectivity index (χ3v) is 4.54. The molecule has 142 valence electrons. The van der Waals surface area contributed by atoms with E-state index in [0.29, 0.717) is 12.3 Å². The standard InChI is InChI=1S/C20H22BrN3O3/c1-14-12-15(2)24(23-14)11-3-10-22-20(25)19-9-8-18(27-19)13-26-17-6-4-16(21)5-7-17/h4-9,12H,3,10-11,13H2,1-2H3,(H,22,25). The Labute approximate surface area is 166 Å². The largest absolute Gasteiger partial charge is 0.486 e. The summed E-state index contributed by atoms with van der Waals surface area (Å²) in [5, 5.41) is 7.28. The molecule has 0 saturated carbocycles. The van der Waals surface area contributed by atoms with Crippen molar-refractivity contribution in [2.45, 2.75) is 33.4 Å². The first-order valence-corrected chi connectivity index (χ1v) is 9.57. The van der Waals surface area contributed by atoms with Crippen LogP contribution in [-0.4, -0.2) is 22.2 Å². The number of nitrogens with zero attached hydrogens (tertiary/aromatic N) is 2. The summed E-state index contributed by atoms with van der Waals surface area (Å²) in [5.74, 6) is 1.41. The van der Waals surface area contributed by atoms with Gasteiger partial charge in [-0.05, 0) is 62.7 Å². The molecule has 0 unspecified atom stereocenters. The molecular weight excluding hydrogens is 410 g/mol. The van der Waals surface area contributed by atoms with E-state index in [1.54, 1.807) is 12.1 Å². The predicted octanol–water partition coefficient (Wildman–Crippen LogP) is 4.25. The molecule has 3 aromatic rings. The monoisotopic (exact) mass is 431 g/mol.